The molecule has 0 aliphatic heterocycles. The monoisotopic (exact) mass is 403 g/mol. The summed E-state index contributed by atoms with van der Waals surface area (Å²) in [6.07, 6.45) is 18.1. The molecular formula is C23H46ClNO2. The van der Waals surface area contributed by atoms with Crippen LogP contribution in [0.25, 0.3) is 0 Å². The van der Waals surface area contributed by atoms with Crippen molar-refractivity contribution in [3.8, 4) is 0 Å². The lowest BCUT2D eigenvalue weighted by Crippen LogP contribution is -2.30. The van der Waals surface area contributed by atoms with Crippen molar-refractivity contribution < 1.29 is 11.0 Å². The Morgan fingerprint density at radius 2 is 1.11 bits per heavy atom. The van der Waals surface area contributed by atoms with Crippen LogP contribution in [0.1, 0.15) is 109 Å². The molecule has 4 heteroatoms. The van der Waals surface area contributed by atoms with Crippen LogP contribution in [-0.2, 0) is 12.0 Å². The van der Waals surface area contributed by atoms with Gasteiger partial charge in [-0.2, -0.15) is 0 Å². The van der Waals surface area contributed by atoms with Gasteiger partial charge in [-0.1, -0.05) is 102 Å². The molecule has 0 bridgehead atoms. The summed E-state index contributed by atoms with van der Waals surface area (Å²) < 4.78 is 0. The van der Waals surface area contributed by atoms with Crippen LogP contribution < -0.4 is 5.73 Å². The highest BCUT2D eigenvalue weighted by atomic mass is 35.5. The predicted octanol–water partition coefficient (Wildman–Crippen LogP) is 5.90. The molecule has 1 aromatic rings. The average molecular weight is 404 g/mol. The van der Waals surface area contributed by atoms with E-state index in [2.05, 4.69) is 45.0 Å². The summed E-state index contributed by atoms with van der Waals surface area (Å²) in [6.45, 7) is 6.50. The Hall–Kier alpha value is -0.610. The third kappa shape index (κ3) is 15.0. The normalized spacial score (nSPS) is 10.5. The van der Waals surface area contributed by atoms with E-state index in [0.29, 0.717) is 0 Å². The van der Waals surface area contributed by atoms with Crippen molar-refractivity contribution in [3.63, 3.8) is 0 Å². The minimum absolute atomic E-state index is 0. The number of hydrogen-bond donors (Lipinski definition) is 1. The van der Waals surface area contributed by atoms with Gasteiger partial charge in [0.25, 0.3) is 0 Å². The molecule has 0 spiro atoms. The van der Waals surface area contributed by atoms with E-state index in [9.17, 15) is 0 Å². The van der Waals surface area contributed by atoms with E-state index in [1.54, 1.807) is 0 Å². The molecule has 0 aliphatic carbocycles. The van der Waals surface area contributed by atoms with Gasteiger partial charge >= 0.3 is 0 Å². The zero-order chi connectivity index (χ0) is 17.7. The lowest BCUT2D eigenvalue weighted by molar-refractivity contribution is 0.535. The van der Waals surface area contributed by atoms with Gasteiger partial charge < -0.3 is 16.7 Å². The summed E-state index contributed by atoms with van der Waals surface area (Å²) in [5.41, 5.74) is 8.82. The molecular weight excluding hydrogens is 358 g/mol. The molecule has 0 aliphatic rings. The maximum absolute atomic E-state index is 6.29. The van der Waals surface area contributed by atoms with Crippen molar-refractivity contribution in [1.29, 1.82) is 0 Å². The van der Waals surface area contributed by atoms with Gasteiger partial charge in [-0.05, 0) is 37.8 Å². The SMILES string of the molecule is CCCCCCCCCCCCCCc1ccccc1C(C)(C)N.Cl.O.O. The number of aryl methyl sites for hydroxylation is 1. The molecule has 0 aromatic heterocycles. The maximum atomic E-state index is 6.29. The van der Waals surface area contributed by atoms with Gasteiger partial charge in [-0.15, -0.1) is 12.4 Å². The van der Waals surface area contributed by atoms with E-state index in [-0.39, 0.29) is 28.9 Å². The van der Waals surface area contributed by atoms with Gasteiger partial charge in [0.05, 0.1) is 0 Å². The lowest BCUT2D eigenvalue weighted by atomic mass is 9.89. The first-order valence-corrected chi connectivity index (χ1v) is 10.4. The quantitative estimate of drug-likeness (QED) is 0.385. The molecule has 0 fully saturated rings. The van der Waals surface area contributed by atoms with E-state index in [1.165, 1.54) is 94.6 Å². The molecule has 162 valence electrons. The Morgan fingerprint density at radius 3 is 1.56 bits per heavy atom. The molecule has 1 aromatic carbocycles. The third-order valence-corrected chi connectivity index (χ3v) is 5.01. The second-order valence-corrected chi connectivity index (χ2v) is 8.02. The van der Waals surface area contributed by atoms with Crippen LogP contribution in [0, 0.1) is 0 Å². The minimum atomic E-state index is -0.228. The van der Waals surface area contributed by atoms with Gasteiger partial charge in [-0.25, -0.2) is 0 Å². The summed E-state index contributed by atoms with van der Waals surface area (Å²) >= 11 is 0. The smallest absolute Gasteiger partial charge is 0.0355 e. The number of unbranched alkanes of at least 4 members (excludes halogenated alkanes) is 11. The molecule has 0 saturated carbocycles. The van der Waals surface area contributed by atoms with Crippen LogP contribution in [0.15, 0.2) is 24.3 Å². The largest absolute Gasteiger partial charge is 0.412 e. The fraction of sp³-hybridized carbons (Fsp3) is 0.739. The predicted molar refractivity (Wildman–Crippen MR) is 123 cm³/mol. The first-order valence-electron chi connectivity index (χ1n) is 10.4. The van der Waals surface area contributed by atoms with Crippen molar-refractivity contribution in [2.24, 2.45) is 5.73 Å². The first kappa shape index (κ1) is 31.1. The summed E-state index contributed by atoms with van der Waals surface area (Å²) in [4.78, 5) is 0. The second kappa shape index (κ2) is 18.7. The number of halogens is 1. The molecule has 1 rings (SSSR count). The van der Waals surface area contributed by atoms with Gasteiger partial charge in [0.1, 0.15) is 0 Å². The molecule has 0 amide bonds. The van der Waals surface area contributed by atoms with Gasteiger partial charge in [0, 0.05) is 5.54 Å². The number of benzene rings is 1. The first-order chi connectivity index (χ1) is 11.6. The lowest BCUT2D eigenvalue weighted by Gasteiger charge is -2.23. The van der Waals surface area contributed by atoms with E-state index in [1.807, 2.05) is 0 Å². The maximum Gasteiger partial charge on any atom is 0.0355 e. The van der Waals surface area contributed by atoms with Crippen LogP contribution in [-0.4, -0.2) is 11.0 Å². The zero-order valence-corrected chi connectivity index (χ0v) is 18.8. The molecule has 0 atom stereocenters. The molecule has 6 N–H and O–H groups in total. The van der Waals surface area contributed by atoms with E-state index >= 15 is 0 Å². The van der Waals surface area contributed by atoms with E-state index in [4.69, 9.17) is 5.73 Å². The molecule has 0 radical (unpaired) electrons. The Morgan fingerprint density at radius 1 is 0.704 bits per heavy atom. The van der Waals surface area contributed by atoms with Crippen LogP contribution in [0.3, 0.4) is 0 Å². The van der Waals surface area contributed by atoms with Crippen molar-refractivity contribution in [2.75, 3.05) is 0 Å². The second-order valence-electron chi connectivity index (χ2n) is 8.02. The Balaban J connectivity index is -0.00000192. The van der Waals surface area contributed by atoms with Crippen LogP contribution in [0.4, 0.5) is 0 Å². The van der Waals surface area contributed by atoms with E-state index < -0.39 is 0 Å². The van der Waals surface area contributed by atoms with Crippen LogP contribution in [0.5, 0.6) is 0 Å². The summed E-state index contributed by atoms with van der Waals surface area (Å²) in [5.74, 6) is 0. The van der Waals surface area contributed by atoms with Crippen molar-refractivity contribution in [3.05, 3.63) is 35.4 Å². The van der Waals surface area contributed by atoms with Gasteiger partial charge in [0.2, 0.25) is 0 Å². The van der Waals surface area contributed by atoms with Gasteiger partial charge in [0.15, 0.2) is 0 Å². The van der Waals surface area contributed by atoms with E-state index in [0.717, 1.165) is 0 Å². The number of hydrogen-bond acceptors (Lipinski definition) is 1. The molecule has 3 nitrogen and oxygen atoms in total. The molecule has 0 heterocycles. The Bertz CT molecular complexity index is 433. The fourth-order valence-electron chi connectivity index (χ4n) is 3.52. The standard InChI is InChI=1S/C23H41N.ClH.2H2O/c1-4-5-6-7-8-9-10-11-12-13-14-15-18-21-19-16-17-20-22(21)23(2,3)24;;;/h16-17,19-20H,4-15,18,24H2,1-3H3;1H;2*1H2. The van der Waals surface area contributed by atoms with Crippen molar-refractivity contribution >= 4 is 12.4 Å². The average Bonchev–Trinajstić information content (AvgIpc) is 2.55. The topological polar surface area (TPSA) is 89.0 Å². The zero-order valence-electron chi connectivity index (χ0n) is 18.0. The highest BCUT2D eigenvalue weighted by Crippen LogP contribution is 2.23. The van der Waals surface area contributed by atoms with Crippen LogP contribution >= 0.6 is 12.4 Å². The summed E-state index contributed by atoms with van der Waals surface area (Å²) in [5, 5.41) is 0. The third-order valence-electron chi connectivity index (χ3n) is 5.01. The molecule has 0 unspecified atom stereocenters. The number of nitrogens with two attached hydrogens (primary N) is 1. The molecule has 27 heavy (non-hydrogen) atoms. The van der Waals surface area contributed by atoms with Crippen molar-refractivity contribution in [1.82, 2.24) is 0 Å². The van der Waals surface area contributed by atoms with Crippen molar-refractivity contribution in [2.45, 2.75) is 110 Å². The highest BCUT2D eigenvalue weighted by molar-refractivity contribution is 5.85. The Labute approximate surface area is 174 Å². The highest BCUT2D eigenvalue weighted by Gasteiger charge is 2.17. The summed E-state index contributed by atoms with van der Waals surface area (Å²) in [6, 6.07) is 8.69. The minimum Gasteiger partial charge on any atom is -0.412 e. The Kier molecular flexibility index (Phi) is 21.6. The molecule has 0 saturated heterocycles. The number of rotatable bonds is 14. The fourth-order valence-corrected chi connectivity index (χ4v) is 3.52. The van der Waals surface area contributed by atoms with Crippen LogP contribution in [0.2, 0.25) is 0 Å². The van der Waals surface area contributed by atoms with Gasteiger partial charge in [-0.3, -0.25) is 0 Å². The summed E-state index contributed by atoms with van der Waals surface area (Å²) in [7, 11) is 0.